The van der Waals surface area contributed by atoms with Crippen molar-refractivity contribution in [3.8, 4) is 0 Å². The molecule has 1 aliphatic rings. The van der Waals surface area contributed by atoms with Gasteiger partial charge in [-0.3, -0.25) is 0 Å². The summed E-state index contributed by atoms with van der Waals surface area (Å²) in [5.41, 5.74) is 4.37. The van der Waals surface area contributed by atoms with E-state index in [9.17, 15) is 0 Å². The normalized spacial score (nSPS) is 22.0. The van der Waals surface area contributed by atoms with Crippen LogP contribution in [0.15, 0.2) is 134 Å². The maximum absolute atomic E-state index is 6.72. The summed E-state index contributed by atoms with van der Waals surface area (Å²) in [6.07, 6.45) is 0.663. The van der Waals surface area contributed by atoms with Crippen LogP contribution in [0.1, 0.15) is 28.7 Å². The Morgan fingerprint density at radius 1 is 0.500 bits per heavy atom. The predicted molar refractivity (Wildman–Crippen MR) is 165 cm³/mol. The molecule has 0 saturated carbocycles. The van der Waals surface area contributed by atoms with Gasteiger partial charge in [0, 0.05) is 0 Å². The van der Waals surface area contributed by atoms with Crippen LogP contribution in [0.25, 0.3) is 0 Å². The Hall–Kier alpha value is -3.58. The summed E-state index contributed by atoms with van der Waals surface area (Å²) in [6.45, 7) is 6.15. The van der Waals surface area contributed by atoms with Crippen molar-refractivity contribution in [2.75, 3.05) is 6.61 Å². The smallest absolute Gasteiger partial charge is 0.115 e. The summed E-state index contributed by atoms with van der Waals surface area (Å²) in [6, 6.07) is 40.7. The molecule has 2 unspecified atom stereocenters. The van der Waals surface area contributed by atoms with E-state index >= 15 is 0 Å². The summed E-state index contributed by atoms with van der Waals surface area (Å²) in [7, 11) is 0. The lowest BCUT2D eigenvalue weighted by Gasteiger charge is -2.46. The summed E-state index contributed by atoms with van der Waals surface area (Å²) in [5.74, 6) is 0. The van der Waals surface area contributed by atoms with Crippen LogP contribution in [0.2, 0.25) is 0 Å². The third-order valence-corrected chi connectivity index (χ3v) is 7.38. The second-order valence-corrected chi connectivity index (χ2v) is 10.5. The van der Waals surface area contributed by atoms with E-state index in [-0.39, 0.29) is 18.3 Å². The van der Waals surface area contributed by atoms with Crippen LogP contribution in [0.3, 0.4) is 0 Å². The van der Waals surface area contributed by atoms with Gasteiger partial charge in [-0.05, 0) is 28.7 Å². The second kappa shape index (κ2) is 16.2. The fourth-order valence-electron chi connectivity index (χ4n) is 5.24. The van der Waals surface area contributed by atoms with Gasteiger partial charge in [0.25, 0.3) is 0 Å². The highest BCUT2D eigenvalue weighted by atomic mass is 16.6. The molecule has 5 atom stereocenters. The van der Waals surface area contributed by atoms with Gasteiger partial charge in [-0.25, -0.2) is 0 Å². The maximum atomic E-state index is 6.72. The lowest BCUT2D eigenvalue weighted by molar-refractivity contribution is -0.271. The zero-order chi connectivity index (χ0) is 28.8. The average molecular weight is 565 g/mol. The fourth-order valence-corrected chi connectivity index (χ4v) is 5.24. The first kappa shape index (κ1) is 29.9. The number of rotatable bonds is 15. The lowest BCUT2D eigenvalue weighted by atomic mass is 9.92. The molecule has 1 fully saturated rings. The van der Waals surface area contributed by atoms with Crippen LogP contribution >= 0.6 is 0 Å². The van der Waals surface area contributed by atoms with E-state index in [1.54, 1.807) is 0 Å². The molecule has 4 aromatic carbocycles. The van der Waals surface area contributed by atoms with Gasteiger partial charge in [-0.1, -0.05) is 127 Å². The van der Waals surface area contributed by atoms with Crippen LogP contribution in [0.4, 0.5) is 0 Å². The second-order valence-electron chi connectivity index (χ2n) is 10.5. The molecule has 0 radical (unpaired) electrons. The van der Waals surface area contributed by atoms with E-state index in [1.165, 1.54) is 0 Å². The number of hydrogen-bond acceptors (Lipinski definition) is 5. The summed E-state index contributed by atoms with van der Waals surface area (Å²) in [4.78, 5) is 0. The van der Waals surface area contributed by atoms with Gasteiger partial charge in [0.1, 0.15) is 24.4 Å². The van der Waals surface area contributed by atoms with Crippen molar-refractivity contribution in [1.29, 1.82) is 0 Å². The van der Waals surface area contributed by atoms with Crippen molar-refractivity contribution >= 4 is 0 Å². The Labute approximate surface area is 249 Å². The molecule has 1 heterocycles. The Morgan fingerprint density at radius 3 is 1.31 bits per heavy atom. The minimum atomic E-state index is -0.425. The number of ether oxygens (including phenoxy) is 5. The molecule has 42 heavy (non-hydrogen) atoms. The maximum Gasteiger partial charge on any atom is 0.115 e. The van der Waals surface area contributed by atoms with Gasteiger partial charge in [-0.2, -0.15) is 0 Å². The van der Waals surface area contributed by atoms with E-state index in [0.717, 1.165) is 22.3 Å². The van der Waals surface area contributed by atoms with Crippen LogP contribution in [-0.2, 0) is 50.1 Å². The van der Waals surface area contributed by atoms with Crippen molar-refractivity contribution in [1.82, 2.24) is 0 Å². The van der Waals surface area contributed by atoms with Crippen molar-refractivity contribution in [3.63, 3.8) is 0 Å². The highest BCUT2D eigenvalue weighted by molar-refractivity contribution is 5.16. The third kappa shape index (κ3) is 8.71. The Kier molecular flexibility index (Phi) is 11.5. The first-order chi connectivity index (χ1) is 20.8. The summed E-state index contributed by atoms with van der Waals surface area (Å²) in [5, 5.41) is 0. The molecule has 5 heteroatoms. The fraction of sp³-hybridized carbons (Fsp3) is 0.297. The quantitative estimate of drug-likeness (QED) is 0.142. The Morgan fingerprint density at radius 2 is 0.881 bits per heavy atom. The summed E-state index contributed by atoms with van der Waals surface area (Å²) >= 11 is 0. The standard InChI is InChI=1S/C37H40O5/c1-2-15-33-35(39-25-30-18-9-4-10-19-30)37(41-27-32-22-13-6-14-23-32)36(40-26-31-20-11-5-12-21-31)34(42-33)28-38-24-29-16-7-3-8-17-29/h2-14,16-23,33-37H,1,15,24-28H2/t33-,34?,35?,36-,37+/m0/s1. The molecule has 1 aliphatic heterocycles. The predicted octanol–water partition coefficient (Wildman–Crippen LogP) is 7.30. The molecule has 0 bridgehead atoms. The topological polar surface area (TPSA) is 46.2 Å². The molecular formula is C37H40O5. The van der Waals surface area contributed by atoms with Gasteiger partial charge >= 0.3 is 0 Å². The molecule has 0 spiro atoms. The van der Waals surface area contributed by atoms with E-state index in [2.05, 4.69) is 55.1 Å². The minimum Gasteiger partial charge on any atom is -0.374 e. The molecule has 0 aliphatic carbocycles. The van der Waals surface area contributed by atoms with Crippen molar-refractivity contribution in [2.24, 2.45) is 0 Å². The zero-order valence-electron chi connectivity index (χ0n) is 24.0. The number of hydrogen-bond donors (Lipinski definition) is 0. The molecule has 0 aromatic heterocycles. The van der Waals surface area contributed by atoms with Gasteiger partial charge in [0.15, 0.2) is 0 Å². The van der Waals surface area contributed by atoms with Gasteiger partial charge < -0.3 is 23.7 Å². The van der Waals surface area contributed by atoms with Gasteiger partial charge in [0.2, 0.25) is 0 Å². The van der Waals surface area contributed by atoms with Crippen LogP contribution in [-0.4, -0.2) is 37.1 Å². The first-order valence-electron chi connectivity index (χ1n) is 14.6. The highest BCUT2D eigenvalue weighted by Gasteiger charge is 2.48. The van der Waals surface area contributed by atoms with E-state index in [0.29, 0.717) is 39.5 Å². The Balaban J connectivity index is 1.40. The molecule has 5 rings (SSSR count). The highest BCUT2D eigenvalue weighted by Crippen LogP contribution is 2.32. The van der Waals surface area contributed by atoms with Crippen molar-refractivity contribution < 1.29 is 23.7 Å². The largest absolute Gasteiger partial charge is 0.374 e. The SMILES string of the molecule is C=CC[C@@H]1OC(COCc2ccccc2)[C@H](OCc2ccccc2)[C@H](OCc2ccccc2)C1OCc1ccccc1. The zero-order valence-corrected chi connectivity index (χ0v) is 24.0. The van der Waals surface area contributed by atoms with Crippen LogP contribution in [0, 0.1) is 0 Å². The molecule has 218 valence electrons. The van der Waals surface area contributed by atoms with Gasteiger partial charge in [0.05, 0.1) is 39.1 Å². The third-order valence-electron chi connectivity index (χ3n) is 7.38. The molecule has 1 saturated heterocycles. The van der Waals surface area contributed by atoms with Crippen molar-refractivity contribution in [2.45, 2.75) is 63.4 Å². The number of benzene rings is 4. The monoisotopic (exact) mass is 564 g/mol. The molecule has 4 aromatic rings. The average Bonchev–Trinajstić information content (AvgIpc) is 3.05. The Bertz CT molecular complexity index is 1300. The molecular weight excluding hydrogens is 524 g/mol. The van der Waals surface area contributed by atoms with E-state index < -0.39 is 12.2 Å². The lowest BCUT2D eigenvalue weighted by Crippen LogP contribution is -2.61. The minimum absolute atomic E-state index is 0.270. The van der Waals surface area contributed by atoms with Gasteiger partial charge in [-0.15, -0.1) is 6.58 Å². The van der Waals surface area contributed by atoms with Crippen LogP contribution in [0.5, 0.6) is 0 Å². The molecule has 0 amide bonds. The summed E-state index contributed by atoms with van der Waals surface area (Å²) < 4.78 is 32.9. The first-order valence-corrected chi connectivity index (χ1v) is 14.6. The van der Waals surface area contributed by atoms with E-state index in [1.807, 2.05) is 78.9 Å². The van der Waals surface area contributed by atoms with Crippen LogP contribution < -0.4 is 0 Å². The molecule has 0 N–H and O–H groups in total. The van der Waals surface area contributed by atoms with E-state index in [4.69, 9.17) is 23.7 Å². The van der Waals surface area contributed by atoms with Crippen molar-refractivity contribution in [3.05, 3.63) is 156 Å². The molecule has 5 nitrogen and oxygen atoms in total.